The molecule has 1 aliphatic heterocycles. The summed E-state index contributed by atoms with van der Waals surface area (Å²) in [5, 5.41) is 7.06. The molecule has 2 aromatic heterocycles. The zero-order chi connectivity index (χ0) is 15.7. The summed E-state index contributed by atoms with van der Waals surface area (Å²) >= 11 is 3.38. The molecule has 22 heavy (non-hydrogen) atoms. The number of ether oxygens (including phenoxy) is 1. The number of nitrogens with zero attached hydrogens (tertiary/aromatic N) is 1. The molecule has 3 heterocycles. The predicted octanol–water partition coefficient (Wildman–Crippen LogP) is 1.82. The van der Waals surface area contributed by atoms with E-state index in [1.165, 1.54) is 0 Å². The highest BCUT2D eigenvalue weighted by atomic mass is 79.9. The highest BCUT2D eigenvalue weighted by molar-refractivity contribution is 9.10. The smallest absolute Gasteiger partial charge is 0.253 e. The SMILES string of the molecule is CC1(C)CNCC(CNC(=O)c2c[nH]c3ncc(Br)cc23)O1. The number of carbonyl (C=O) groups is 1. The maximum atomic E-state index is 12.4. The Balaban J connectivity index is 1.67. The molecule has 1 aliphatic rings. The molecular weight excluding hydrogens is 348 g/mol. The van der Waals surface area contributed by atoms with Crippen LogP contribution in [-0.2, 0) is 4.74 Å². The van der Waals surface area contributed by atoms with E-state index in [0.717, 1.165) is 22.9 Å². The van der Waals surface area contributed by atoms with Crippen molar-refractivity contribution in [3.05, 3.63) is 28.5 Å². The van der Waals surface area contributed by atoms with Gasteiger partial charge in [-0.05, 0) is 35.8 Å². The maximum Gasteiger partial charge on any atom is 0.253 e. The van der Waals surface area contributed by atoms with Crippen molar-refractivity contribution >= 4 is 32.9 Å². The second-order valence-electron chi connectivity index (χ2n) is 6.09. The lowest BCUT2D eigenvalue weighted by Crippen LogP contribution is -2.53. The maximum absolute atomic E-state index is 12.4. The molecule has 1 fully saturated rings. The molecule has 1 atom stereocenters. The number of pyridine rings is 1. The average molecular weight is 367 g/mol. The van der Waals surface area contributed by atoms with Crippen LogP contribution >= 0.6 is 15.9 Å². The predicted molar refractivity (Wildman–Crippen MR) is 87.9 cm³/mol. The minimum atomic E-state index is -0.205. The van der Waals surface area contributed by atoms with Gasteiger partial charge in [-0.2, -0.15) is 0 Å². The van der Waals surface area contributed by atoms with E-state index in [9.17, 15) is 4.79 Å². The number of aromatic amines is 1. The van der Waals surface area contributed by atoms with E-state index in [4.69, 9.17) is 4.74 Å². The quantitative estimate of drug-likeness (QED) is 0.773. The van der Waals surface area contributed by atoms with Crippen LogP contribution in [-0.4, -0.2) is 47.2 Å². The molecule has 118 valence electrons. The Morgan fingerprint density at radius 1 is 1.59 bits per heavy atom. The van der Waals surface area contributed by atoms with E-state index in [1.807, 2.05) is 19.9 Å². The fourth-order valence-corrected chi connectivity index (χ4v) is 2.98. The van der Waals surface area contributed by atoms with Crippen LogP contribution in [0.3, 0.4) is 0 Å². The number of nitrogens with one attached hydrogen (secondary N) is 3. The van der Waals surface area contributed by atoms with Gasteiger partial charge < -0.3 is 20.4 Å². The standard InChI is InChI=1S/C15H19BrN4O2/c1-15(2)8-17-5-10(22-15)6-20-14(21)12-7-19-13-11(12)3-9(16)4-18-13/h3-4,7,10,17H,5-6,8H2,1-2H3,(H,18,19)(H,20,21). The lowest BCUT2D eigenvalue weighted by molar-refractivity contribution is -0.0912. The van der Waals surface area contributed by atoms with Gasteiger partial charge >= 0.3 is 0 Å². The summed E-state index contributed by atoms with van der Waals surface area (Å²) in [7, 11) is 0. The van der Waals surface area contributed by atoms with E-state index in [-0.39, 0.29) is 17.6 Å². The molecule has 6 nitrogen and oxygen atoms in total. The molecule has 1 amide bonds. The number of aromatic nitrogens is 2. The number of H-pyrrole nitrogens is 1. The zero-order valence-electron chi connectivity index (χ0n) is 12.6. The summed E-state index contributed by atoms with van der Waals surface area (Å²) < 4.78 is 6.79. The second-order valence-corrected chi connectivity index (χ2v) is 7.01. The molecule has 0 radical (unpaired) electrons. The van der Waals surface area contributed by atoms with Crippen LogP contribution in [0.15, 0.2) is 22.9 Å². The monoisotopic (exact) mass is 366 g/mol. The summed E-state index contributed by atoms with van der Waals surface area (Å²) in [5.74, 6) is -0.127. The molecule has 7 heteroatoms. The zero-order valence-corrected chi connectivity index (χ0v) is 14.2. The number of morpholine rings is 1. The van der Waals surface area contributed by atoms with Crippen molar-refractivity contribution in [1.29, 1.82) is 0 Å². The van der Waals surface area contributed by atoms with E-state index in [1.54, 1.807) is 12.4 Å². The topological polar surface area (TPSA) is 79.0 Å². The summed E-state index contributed by atoms with van der Waals surface area (Å²) in [6.45, 7) is 6.11. The van der Waals surface area contributed by atoms with Crippen molar-refractivity contribution < 1.29 is 9.53 Å². The van der Waals surface area contributed by atoms with E-state index in [0.29, 0.717) is 17.8 Å². The third-order valence-electron chi connectivity index (χ3n) is 3.64. The average Bonchev–Trinajstić information content (AvgIpc) is 2.87. The molecule has 0 saturated carbocycles. The van der Waals surface area contributed by atoms with Crippen molar-refractivity contribution in [2.45, 2.75) is 25.6 Å². The lowest BCUT2D eigenvalue weighted by Gasteiger charge is -2.36. The Kier molecular flexibility index (Phi) is 4.20. The van der Waals surface area contributed by atoms with Gasteiger partial charge in [0.05, 0.1) is 17.3 Å². The van der Waals surface area contributed by atoms with Crippen molar-refractivity contribution in [1.82, 2.24) is 20.6 Å². The normalized spacial score (nSPS) is 21.0. The molecule has 3 N–H and O–H groups in total. The third-order valence-corrected chi connectivity index (χ3v) is 4.07. The Bertz CT molecular complexity index is 698. The highest BCUT2D eigenvalue weighted by Gasteiger charge is 2.28. The molecule has 0 bridgehead atoms. The highest BCUT2D eigenvalue weighted by Crippen LogP contribution is 2.20. The number of hydrogen-bond donors (Lipinski definition) is 3. The summed E-state index contributed by atoms with van der Waals surface area (Å²) in [4.78, 5) is 19.6. The first kappa shape index (κ1) is 15.5. The van der Waals surface area contributed by atoms with Crippen molar-refractivity contribution in [2.75, 3.05) is 19.6 Å². The van der Waals surface area contributed by atoms with Crippen LogP contribution in [0.4, 0.5) is 0 Å². The Morgan fingerprint density at radius 2 is 2.41 bits per heavy atom. The Hall–Kier alpha value is -1.44. The Labute approximate surface area is 137 Å². The molecule has 3 rings (SSSR count). The van der Waals surface area contributed by atoms with Gasteiger partial charge in [-0.1, -0.05) is 0 Å². The van der Waals surface area contributed by atoms with Crippen molar-refractivity contribution in [3.8, 4) is 0 Å². The number of halogens is 1. The fraction of sp³-hybridized carbons (Fsp3) is 0.467. The van der Waals surface area contributed by atoms with Gasteiger partial charge in [-0.25, -0.2) is 4.98 Å². The van der Waals surface area contributed by atoms with Crippen molar-refractivity contribution in [2.24, 2.45) is 0 Å². The minimum absolute atomic E-state index is 0.0252. The van der Waals surface area contributed by atoms with Crippen LogP contribution in [0.1, 0.15) is 24.2 Å². The number of rotatable bonds is 3. The second kappa shape index (κ2) is 5.98. The van der Waals surface area contributed by atoms with Gasteiger partial charge in [0.2, 0.25) is 0 Å². The van der Waals surface area contributed by atoms with E-state index < -0.39 is 0 Å². The fourth-order valence-electron chi connectivity index (χ4n) is 2.65. The van der Waals surface area contributed by atoms with Gasteiger partial charge in [0.15, 0.2) is 0 Å². The van der Waals surface area contributed by atoms with Gasteiger partial charge in [0, 0.05) is 41.9 Å². The summed E-state index contributed by atoms with van der Waals surface area (Å²) in [5.41, 5.74) is 1.08. The number of carbonyl (C=O) groups excluding carboxylic acids is 1. The number of hydrogen-bond acceptors (Lipinski definition) is 4. The third kappa shape index (κ3) is 3.31. The first-order valence-corrected chi connectivity index (χ1v) is 8.03. The van der Waals surface area contributed by atoms with E-state index in [2.05, 4.69) is 36.5 Å². The largest absolute Gasteiger partial charge is 0.368 e. The first-order chi connectivity index (χ1) is 10.4. The lowest BCUT2D eigenvalue weighted by atomic mass is 10.1. The molecule has 1 saturated heterocycles. The molecular formula is C15H19BrN4O2. The van der Waals surface area contributed by atoms with Gasteiger partial charge in [-0.15, -0.1) is 0 Å². The van der Waals surface area contributed by atoms with Gasteiger partial charge in [-0.3, -0.25) is 4.79 Å². The number of fused-ring (bicyclic) bond motifs is 1. The van der Waals surface area contributed by atoms with Crippen LogP contribution in [0.25, 0.3) is 11.0 Å². The van der Waals surface area contributed by atoms with Gasteiger partial charge in [0.25, 0.3) is 5.91 Å². The molecule has 0 aliphatic carbocycles. The first-order valence-electron chi connectivity index (χ1n) is 7.24. The van der Waals surface area contributed by atoms with Crippen LogP contribution in [0, 0.1) is 0 Å². The molecule has 2 aromatic rings. The minimum Gasteiger partial charge on any atom is -0.368 e. The molecule has 0 aromatic carbocycles. The van der Waals surface area contributed by atoms with Crippen LogP contribution < -0.4 is 10.6 Å². The van der Waals surface area contributed by atoms with E-state index >= 15 is 0 Å². The van der Waals surface area contributed by atoms with Gasteiger partial charge in [0.1, 0.15) is 5.65 Å². The van der Waals surface area contributed by atoms with Crippen LogP contribution in [0.2, 0.25) is 0 Å². The van der Waals surface area contributed by atoms with Crippen molar-refractivity contribution in [3.63, 3.8) is 0 Å². The molecule has 1 unspecified atom stereocenters. The summed E-state index contributed by atoms with van der Waals surface area (Å²) in [6.07, 6.45) is 3.36. The van der Waals surface area contributed by atoms with Crippen LogP contribution in [0.5, 0.6) is 0 Å². The summed E-state index contributed by atoms with van der Waals surface area (Å²) in [6, 6.07) is 1.88. The molecule has 0 spiro atoms. The number of amides is 1. The Morgan fingerprint density at radius 3 is 3.18 bits per heavy atom.